The molecule has 114 valence electrons. The Hall–Kier alpha value is -0.370. The molecule has 21 heavy (non-hydrogen) atoms. The van der Waals surface area contributed by atoms with Crippen LogP contribution >= 0.6 is 58.3 Å². The van der Waals surface area contributed by atoms with Crippen LogP contribution < -0.4 is 11.1 Å². The molecule has 0 fully saturated rings. The van der Waals surface area contributed by atoms with Crippen molar-refractivity contribution in [3.05, 3.63) is 30.9 Å². The lowest BCUT2D eigenvalue weighted by Crippen LogP contribution is -2.27. The third-order valence-electron chi connectivity index (χ3n) is 3.10. The molecule has 1 aliphatic carbocycles. The van der Waals surface area contributed by atoms with Crippen molar-refractivity contribution in [1.29, 1.82) is 0 Å². The monoisotopic (exact) mass is 383 g/mol. The predicted octanol–water partition coefficient (Wildman–Crippen LogP) is 4.00. The van der Waals surface area contributed by atoms with Gasteiger partial charge in [-0.05, 0) is 25.3 Å². The molecular formula is C12H12Cl3N3OS2. The van der Waals surface area contributed by atoms with Gasteiger partial charge >= 0.3 is 0 Å². The molecule has 1 aliphatic rings. The van der Waals surface area contributed by atoms with E-state index in [1.54, 1.807) is 6.07 Å². The summed E-state index contributed by atoms with van der Waals surface area (Å²) in [4.78, 5) is 17.7. The number of halogens is 3. The number of nitrogens with two attached hydrogens (primary N) is 1. The average Bonchev–Trinajstić information content (AvgIpc) is 2.91. The van der Waals surface area contributed by atoms with Gasteiger partial charge in [-0.3, -0.25) is 10.1 Å². The Morgan fingerprint density at radius 1 is 1.43 bits per heavy atom. The third kappa shape index (κ3) is 3.70. The molecule has 2 aromatic heterocycles. The van der Waals surface area contributed by atoms with E-state index in [1.165, 1.54) is 22.7 Å². The number of aromatic nitrogens is 1. The highest BCUT2D eigenvalue weighted by molar-refractivity contribution is 7.20. The van der Waals surface area contributed by atoms with Gasteiger partial charge in [0.1, 0.15) is 4.34 Å². The molecule has 9 heteroatoms. The van der Waals surface area contributed by atoms with E-state index in [2.05, 4.69) is 10.3 Å². The van der Waals surface area contributed by atoms with Gasteiger partial charge in [-0.2, -0.15) is 0 Å². The van der Waals surface area contributed by atoms with Crippen molar-refractivity contribution in [3.63, 3.8) is 0 Å². The van der Waals surface area contributed by atoms with Gasteiger partial charge in [-0.25, -0.2) is 4.98 Å². The summed E-state index contributed by atoms with van der Waals surface area (Å²) in [6.45, 7) is 0. The lowest BCUT2D eigenvalue weighted by Gasteiger charge is -2.15. The molecule has 3 rings (SSSR count). The van der Waals surface area contributed by atoms with Crippen molar-refractivity contribution in [2.75, 3.05) is 5.32 Å². The summed E-state index contributed by atoms with van der Waals surface area (Å²) in [5, 5.41) is 3.37. The van der Waals surface area contributed by atoms with Crippen LogP contribution in [0.1, 0.15) is 27.3 Å². The largest absolute Gasteiger partial charge is 0.327 e. The fourth-order valence-electron chi connectivity index (χ4n) is 2.11. The maximum atomic E-state index is 12.1. The molecule has 0 aromatic carbocycles. The molecule has 0 aliphatic heterocycles. The molecule has 0 radical (unpaired) electrons. The zero-order valence-electron chi connectivity index (χ0n) is 10.7. The molecule has 3 N–H and O–H groups in total. The Balaban J connectivity index is 0.00000161. The first-order valence-electron chi connectivity index (χ1n) is 6.03. The van der Waals surface area contributed by atoms with Crippen molar-refractivity contribution in [3.8, 4) is 0 Å². The Bertz CT molecular complexity index is 671. The zero-order valence-corrected chi connectivity index (χ0v) is 14.7. The van der Waals surface area contributed by atoms with Crippen LogP contribution in [0, 0.1) is 0 Å². The van der Waals surface area contributed by atoms with Gasteiger partial charge in [-0.15, -0.1) is 35.1 Å². The summed E-state index contributed by atoms with van der Waals surface area (Å²) in [5.74, 6) is -0.284. The van der Waals surface area contributed by atoms with Crippen LogP contribution in [-0.2, 0) is 12.8 Å². The molecular weight excluding hydrogens is 373 g/mol. The number of anilines is 1. The number of rotatable bonds is 2. The first-order valence-corrected chi connectivity index (χ1v) is 8.42. The molecule has 4 nitrogen and oxygen atoms in total. The van der Waals surface area contributed by atoms with Crippen molar-refractivity contribution >= 4 is 69.3 Å². The predicted molar refractivity (Wildman–Crippen MR) is 91.7 cm³/mol. The summed E-state index contributed by atoms with van der Waals surface area (Å²) >= 11 is 14.5. The van der Waals surface area contributed by atoms with E-state index in [-0.39, 0.29) is 24.4 Å². The highest BCUT2D eigenvalue weighted by Crippen LogP contribution is 2.33. The number of aryl methyl sites for hydroxylation is 1. The third-order valence-corrected chi connectivity index (χ3v) is 5.62. The van der Waals surface area contributed by atoms with Gasteiger partial charge in [0.15, 0.2) is 5.13 Å². The normalized spacial score (nSPS) is 17.0. The number of thiazole rings is 1. The summed E-state index contributed by atoms with van der Waals surface area (Å²) in [6.07, 6.45) is 2.64. The highest BCUT2D eigenvalue weighted by Gasteiger charge is 2.22. The topological polar surface area (TPSA) is 68.0 Å². The van der Waals surface area contributed by atoms with E-state index >= 15 is 0 Å². The molecule has 0 spiro atoms. The van der Waals surface area contributed by atoms with E-state index in [9.17, 15) is 4.79 Å². The minimum absolute atomic E-state index is 0. The van der Waals surface area contributed by atoms with Crippen LogP contribution in [0.4, 0.5) is 5.13 Å². The molecule has 0 saturated carbocycles. The first kappa shape index (κ1) is 17.0. The number of hydrogen-bond donors (Lipinski definition) is 2. The maximum Gasteiger partial charge on any atom is 0.259 e. The molecule has 2 aromatic rings. The second kappa shape index (κ2) is 6.81. The molecule has 1 amide bonds. The van der Waals surface area contributed by atoms with Crippen molar-refractivity contribution in [2.24, 2.45) is 5.73 Å². The number of carbonyl (C=O) groups is 1. The Labute approximate surface area is 146 Å². The fourth-order valence-corrected chi connectivity index (χ4v) is 4.67. The number of carbonyl (C=O) groups excluding carboxylic acids is 1. The molecule has 1 atom stereocenters. The first-order chi connectivity index (χ1) is 9.52. The molecule has 2 heterocycles. The smallest absolute Gasteiger partial charge is 0.259 e. The lowest BCUT2D eigenvalue weighted by molar-refractivity contribution is 0.102. The van der Waals surface area contributed by atoms with Gasteiger partial charge < -0.3 is 5.73 Å². The Morgan fingerprint density at radius 3 is 2.86 bits per heavy atom. The maximum absolute atomic E-state index is 12.1. The minimum Gasteiger partial charge on any atom is -0.327 e. The van der Waals surface area contributed by atoms with Gasteiger partial charge in [0, 0.05) is 10.9 Å². The van der Waals surface area contributed by atoms with Gasteiger partial charge in [0.2, 0.25) is 0 Å². The summed E-state index contributed by atoms with van der Waals surface area (Å²) < 4.78 is 0.875. The van der Waals surface area contributed by atoms with Crippen LogP contribution in [0.25, 0.3) is 0 Å². The SMILES string of the molecule is Cl.N[C@H]1CCc2nc(NC(=O)c3cc(Cl)sc3Cl)sc2C1. The van der Waals surface area contributed by atoms with Crippen LogP contribution in [0.15, 0.2) is 6.07 Å². The van der Waals surface area contributed by atoms with Crippen LogP contribution in [-0.4, -0.2) is 16.9 Å². The quantitative estimate of drug-likeness (QED) is 0.822. The van der Waals surface area contributed by atoms with E-state index in [0.717, 1.165) is 29.8 Å². The van der Waals surface area contributed by atoms with E-state index < -0.39 is 0 Å². The van der Waals surface area contributed by atoms with E-state index in [0.29, 0.717) is 19.4 Å². The van der Waals surface area contributed by atoms with Crippen molar-refractivity contribution in [2.45, 2.75) is 25.3 Å². The number of hydrogen-bond acceptors (Lipinski definition) is 5. The second-order valence-electron chi connectivity index (χ2n) is 4.58. The van der Waals surface area contributed by atoms with Gasteiger partial charge in [0.25, 0.3) is 5.91 Å². The van der Waals surface area contributed by atoms with Crippen molar-refractivity contribution in [1.82, 2.24) is 4.98 Å². The fraction of sp³-hybridized carbons (Fsp3) is 0.333. The number of thiophene rings is 1. The number of nitrogens with one attached hydrogen (secondary N) is 1. The molecule has 0 saturated heterocycles. The standard InChI is InChI=1S/C12H11Cl2N3OS2.ClH/c13-9-4-6(10(14)20-9)11(18)17-12-16-7-2-1-5(15)3-8(7)19-12;/h4-5H,1-3,15H2,(H,16,17,18);1H/t5-;/m0./s1. The summed E-state index contributed by atoms with van der Waals surface area (Å²) in [7, 11) is 0. The number of fused-ring (bicyclic) bond motifs is 1. The van der Waals surface area contributed by atoms with Crippen LogP contribution in [0.2, 0.25) is 8.67 Å². The van der Waals surface area contributed by atoms with Crippen LogP contribution in [0.5, 0.6) is 0 Å². The summed E-state index contributed by atoms with van der Waals surface area (Å²) in [5.41, 5.74) is 7.36. The van der Waals surface area contributed by atoms with Crippen molar-refractivity contribution < 1.29 is 4.79 Å². The minimum atomic E-state index is -0.284. The number of nitrogens with zero attached hydrogens (tertiary/aromatic N) is 1. The Kier molecular flexibility index (Phi) is 5.51. The highest BCUT2D eigenvalue weighted by atomic mass is 35.5. The lowest BCUT2D eigenvalue weighted by atomic mass is 9.99. The molecule has 0 unspecified atom stereocenters. The summed E-state index contributed by atoms with van der Waals surface area (Å²) in [6, 6.07) is 1.75. The van der Waals surface area contributed by atoms with E-state index in [4.69, 9.17) is 28.9 Å². The Morgan fingerprint density at radius 2 is 2.19 bits per heavy atom. The zero-order chi connectivity index (χ0) is 14.3. The number of amides is 1. The second-order valence-corrected chi connectivity index (χ2v) is 7.95. The van der Waals surface area contributed by atoms with E-state index in [1.807, 2.05) is 0 Å². The van der Waals surface area contributed by atoms with Gasteiger partial charge in [-0.1, -0.05) is 23.2 Å². The van der Waals surface area contributed by atoms with Crippen LogP contribution in [0.3, 0.4) is 0 Å². The average molecular weight is 385 g/mol. The molecule has 0 bridgehead atoms. The van der Waals surface area contributed by atoms with Gasteiger partial charge in [0.05, 0.1) is 15.6 Å².